The van der Waals surface area contributed by atoms with E-state index in [1.54, 1.807) is 0 Å². The molecule has 5 rings (SSSR count). The molecule has 5 aromatic rings. The van der Waals surface area contributed by atoms with Crippen LogP contribution in [0, 0.1) is 0 Å². The lowest BCUT2D eigenvalue weighted by atomic mass is 10.1. The highest BCUT2D eigenvalue weighted by molar-refractivity contribution is 9.10. The van der Waals surface area contributed by atoms with Crippen LogP contribution in [0.5, 0.6) is 0 Å². The fourth-order valence-electron chi connectivity index (χ4n) is 3.30. The number of pyridine rings is 1. The second-order valence-electron chi connectivity index (χ2n) is 5.44. The number of fused-ring (bicyclic) bond motifs is 8. The molecule has 3 aromatic carbocycles. The normalized spacial score (nSPS) is 11.9. The first-order valence-corrected chi connectivity index (χ1v) is 8.00. The van der Waals surface area contributed by atoms with E-state index in [4.69, 9.17) is 4.98 Å². The van der Waals surface area contributed by atoms with E-state index < -0.39 is 0 Å². The van der Waals surface area contributed by atoms with Gasteiger partial charge in [-0.15, -0.1) is 0 Å². The zero-order valence-corrected chi connectivity index (χ0v) is 13.2. The summed E-state index contributed by atoms with van der Waals surface area (Å²) in [5.41, 5.74) is 4.34. The number of para-hydroxylation sites is 2. The van der Waals surface area contributed by atoms with Crippen molar-refractivity contribution in [3.63, 3.8) is 0 Å². The van der Waals surface area contributed by atoms with Crippen LogP contribution in [0.1, 0.15) is 0 Å². The van der Waals surface area contributed by atoms with Crippen LogP contribution < -0.4 is 0 Å². The van der Waals surface area contributed by atoms with Crippen molar-refractivity contribution in [2.24, 2.45) is 0 Å². The minimum atomic E-state index is 1.00. The summed E-state index contributed by atoms with van der Waals surface area (Å²) in [6, 6.07) is 23.2. The Morgan fingerprint density at radius 3 is 2.23 bits per heavy atom. The molecule has 0 saturated heterocycles. The molecule has 2 nitrogen and oxygen atoms in total. The summed E-state index contributed by atoms with van der Waals surface area (Å²) in [6.07, 6.45) is 0. The van der Waals surface area contributed by atoms with Gasteiger partial charge in [0.1, 0.15) is 11.2 Å². The Balaban J connectivity index is 2.24. The van der Waals surface area contributed by atoms with Crippen LogP contribution in [0.3, 0.4) is 0 Å². The lowest BCUT2D eigenvalue weighted by Gasteiger charge is -2.08. The first kappa shape index (κ1) is 12.2. The van der Waals surface area contributed by atoms with Crippen LogP contribution in [0.2, 0.25) is 0 Å². The van der Waals surface area contributed by atoms with Gasteiger partial charge in [0.15, 0.2) is 0 Å². The zero-order valence-electron chi connectivity index (χ0n) is 11.6. The van der Waals surface area contributed by atoms with Gasteiger partial charge in [0.25, 0.3) is 0 Å². The monoisotopic (exact) mass is 346 g/mol. The topological polar surface area (TPSA) is 17.3 Å². The standard InChI is InChI=1S/C19H11BrN2/c20-15-9-5-11-17-18(15)21-19-14-8-2-1-6-12(14)13-7-3-4-10-16(13)22(17)19/h1-11H. The van der Waals surface area contributed by atoms with Gasteiger partial charge in [-0.2, -0.15) is 0 Å². The third kappa shape index (κ3) is 1.46. The molecule has 3 heteroatoms. The number of hydrogen-bond acceptors (Lipinski definition) is 1. The van der Waals surface area contributed by atoms with Gasteiger partial charge in [-0.25, -0.2) is 4.98 Å². The summed E-state index contributed by atoms with van der Waals surface area (Å²) >= 11 is 3.63. The molecule has 0 N–H and O–H groups in total. The van der Waals surface area contributed by atoms with Crippen molar-refractivity contribution in [1.82, 2.24) is 9.38 Å². The molecule has 104 valence electrons. The molecule has 2 heterocycles. The summed E-state index contributed by atoms with van der Waals surface area (Å²) in [4.78, 5) is 4.91. The fourth-order valence-corrected chi connectivity index (χ4v) is 3.74. The van der Waals surface area contributed by atoms with Crippen molar-refractivity contribution < 1.29 is 0 Å². The number of hydrogen-bond donors (Lipinski definition) is 0. The van der Waals surface area contributed by atoms with E-state index in [0.717, 1.165) is 21.2 Å². The maximum atomic E-state index is 4.91. The number of imidazole rings is 1. The van der Waals surface area contributed by atoms with Crippen molar-refractivity contribution in [2.45, 2.75) is 0 Å². The van der Waals surface area contributed by atoms with E-state index in [0.29, 0.717) is 0 Å². The van der Waals surface area contributed by atoms with Crippen LogP contribution in [0.25, 0.3) is 38.4 Å². The Labute approximate surface area is 135 Å². The van der Waals surface area contributed by atoms with E-state index in [2.05, 4.69) is 81.0 Å². The summed E-state index contributed by atoms with van der Waals surface area (Å²) in [5, 5.41) is 3.69. The molecular weight excluding hydrogens is 336 g/mol. The van der Waals surface area contributed by atoms with Crippen LogP contribution in [0.4, 0.5) is 0 Å². The maximum absolute atomic E-state index is 4.91. The van der Waals surface area contributed by atoms with E-state index >= 15 is 0 Å². The number of benzene rings is 3. The minimum Gasteiger partial charge on any atom is -0.292 e. The molecule has 0 bridgehead atoms. The smallest absolute Gasteiger partial charge is 0.146 e. The second kappa shape index (κ2) is 4.31. The third-order valence-electron chi connectivity index (χ3n) is 4.24. The highest BCUT2D eigenvalue weighted by Crippen LogP contribution is 2.33. The molecule has 0 aliphatic heterocycles. The molecule has 0 spiro atoms. The van der Waals surface area contributed by atoms with Gasteiger partial charge < -0.3 is 0 Å². The largest absolute Gasteiger partial charge is 0.292 e. The Kier molecular flexibility index (Phi) is 2.38. The average molecular weight is 347 g/mol. The molecule has 2 aromatic heterocycles. The highest BCUT2D eigenvalue weighted by Gasteiger charge is 2.13. The van der Waals surface area contributed by atoms with Gasteiger partial charge in [0, 0.05) is 15.2 Å². The van der Waals surface area contributed by atoms with Gasteiger partial charge >= 0.3 is 0 Å². The van der Waals surface area contributed by atoms with Crippen LogP contribution >= 0.6 is 15.9 Å². The number of aromatic nitrogens is 2. The van der Waals surface area contributed by atoms with E-state index in [-0.39, 0.29) is 0 Å². The van der Waals surface area contributed by atoms with Crippen molar-refractivity contribution in [3.05, 3.63) is 71.2 Å². The van der Waals surface area contributed by atoms with E-state index in [1.807, 2.05) is 6.07 Å². The predicted octanol–water partition coefficient (Wildman–Crippen LogP) is 5.56. The Bertz CT molecular complexity index is 1190. The summed E-state index contributed by atoms with van der Waals surface area (Å²) in [5.74, 6) is 0. The molecule has 0 unspecified atom stereocenters. The van der Waals surface area contributed by atoms with Gasteiger partial charge in [-0.05, 0) is 39.5 Å². The Hall–Kier alpha value is -2.39. The van der Waals surface area contributed by atoms with Gasteiger partial charge in [-0.1, -0.05) is 48.5 Å². The van der Waals surface area contributed by atoms with Crippen molar-refractivity contribution in [1.29, 1.82) is 0 Å². The SMILES string of the molecule is Brc1cccc2c1nc1c3ccccc3c3ccccc3n21. The quantitative estimate of drug-likeness (QED) is 0.335. The zero-order chi connectivity index (χ0) is 14.7. The molecule has 0 atom stereocenters. The predicted molar refractivity (Wildman–Crippen MR) is 95.4 cm³/mol. The van der Waals surface area contributed by atoms with Gasteiger partial charge in [-0.3, -0.25) is 4.40 Å². The highest BCUT2D eigenvalue weighted by atomic mass is 79.9. The molecule has 0 fully saturated rings. The van der Waals surface area contributed by atoms with Gasteiger partial charge in [0.05, 0.1) is 11.0 Å². The van der Waals surface area contributed by atoms with Crippen LogP contribution in [-0.4, -0.2) is 9.38 Å². The molecule has 0 amide bonds. The van der Waals surface area contributed by atoms with Crippen molar-refractivity contribution in [3.8, 4) is 0 Å². The number of nitrogens with zero attached hydrogens (tertiary/aromatic N) is 2. The molecule has 22 heavy (non-hydrogen) atoms. The average Bonchev–Trinajstić information content (AvgIpc) is 2.97. The number of halogens is 1. The molecule has 0 radical (unpaired) electrons. The molecular formula is C19H11BrN2. The van der Waals surface area contributed by atoms with Crippen LogP contribution in [0.15, 0.2) is 71.2 Å². The van der Waals surface area contributed by atoms with E-state index in [1.165, 1.54) is 21.7 Å². The molecule has 0 aliphatic carbocycles. The fraction of sp³-hybridized carbons (Fsp3) is 0. The van der Waals surface area contributed by atoms with Gasteiger partial charge in [0.2, 0.25) is 0 Å². The summed E-state index contributed by atoms with van der Waals surface area (Å²) in [7, 11) is 0. The van der Waals surface area contributed by atoms with Crippen molar-refractivity contribution >= 4 is 54.3 Å². The van der Waals surface area contributed by atoms with Crippen LogP contribution in [-0.2, 0) is 0 Å². The lowest BCUT2D eigenvalue weighted by Crippen LogP contribution is -1.90. The molecule has 0 aliphatic rings. The van der Waals surface area contributed by atoms with E-state index in [9.17, 15) is 0 Å². The second-order valence-corrected chi connectivity index (χ2v) is 6.30. The minimum absolute atomic E-state index is 1.00. The van der Waals surface area contributed by atoms with Crippen molar-refractivity contribution in [2.75, 3.05) is 0 Å². The summed E-state index contributed by atoms with van der Waals surface area (Å²) in [6.45, 7) is 0. The third-order valence-corrected chi connectivity index (χ3v) is 4.88. The molecule has 0 saturated carbocycles. The summed E-state index contributed by atoms with van der Waals surface area (Å²) < 4.78 is 3.29. The first-order chi connectivity index (χ1) is 10.8. The number of rotatable bonds is 0. The Morgan fingerprint density at radius 1 is 0.682 bits per heavy atom. The maximum Gasteiger partial charge on any atom is 0.146 e. The lowest BCUT2D eigenvalue weighted by molar-refractivity contribution is 1.31. The first-order valence-electron chi connectivity index (χ1n) is 7.21. The Morgan fingerprint density at radius 2 is 1.36 bits per heavy atom.